The molecular weight excluding hydrogens is 588 g/mol. The monoisotopic (exact) mass is 608 g/mol. The summed E-state index contributed by atoms with van der Waals surface area (Å²) in [4.78, 5) is 40.5. The molecule has 0 N–H and O–H groups in total. The number of hydrogen-bond acceptors (Lipinski definition) is 8. The molecule has 1 atom stereocenters. The minimum Gasteiger partial charge on any atom is -0.474 e. The maximum Gasteiger partial charge on any atom is 0.344 e. The number of fused-ring (bicyclic) bond motifs is 1. The van der Waals surface area contributed by atoms with Crippen molar-refractivity contribution in [2.75, 3.05) is 13.2 Å². The van der Waals surface area contributed by atoms with Crippen LogP contribution in [0.25, 0.3) is 10.9 Å². The summed E-state index contributed by atoms with van der Waals surface area (Å²) in [5, 5.41) is 16.4. The molecular formula is C23H22Br2N4O6. The predicted molar refractivity (Wildman–Crippen MR) is 138 cm³/mol. The summed E-state index contributed by atoms with van der Waals surface area (Å²) >= 11 is 6.63. The number of aromatic nitrogens is 2. The summed E-state index contributed by atoms with van der Waals surface area (Å²) in [6.07, 6.45) is 2.07. The van der Waals surface area contributed by atoms with Gasteiger partial charge in [0, 0.05) is 22.0 Å². The topological polar surface area (TPSA) is 126 Å². The van der Waals surface area contributed by atoms with Gasteiger partial charge in [0.25, 0.3) is 5.56 Å². The lowest BCUT2D eigenvalue weighted by Crippen LogP contribution is -2.23. The molecule has 0 aliphatic heterocycles. The summed E-state index contributed by atoms with van der Waals surface area (Å²) < 4.78 is 12.3. The van der Waals surface area contributed by atoms with Crippen molar-refractivity contribution in [3.8, 4) is 5.75 Å². The van der Waals surface area contributed by atoms with Crippen LogP contribution in [0.15, 0.2) is 49.2 Å². The number of benzene rings is 2. The first kappa shape index (κ1) is 26.5. The molecule has 10 nitrogen and oxygen atoms in total. The molecule has 1 heterocycles. The normalized spacial score (nSPS) is 12.1. The molecule has 184 valence electrons. The van der Waals surface area contributed by atoms with E-state index in [0.29, 0.717) is 22.3 Å². The standard InChI is InChI=1S/C23H22Br2N4O6/c1-4-13(3)22-27-18-7-6-15(24)10-16(18)23(31)28(22)26-11-14-8-17(25)21(19(9-14)29(32)33)35-12-20(30)34-5-2/h6-11,13H,4-5,12H2,1-3H3/t13-/m1/s1. The Morgan fingerprint density at radius 3 is 2.69 bits per heavy atom. The van der Waals surface area contributed by atoms with Gasteiger partial charge in [-0.05, 0) is 53.5 Å². The van der Waals surface area contributed by atoms with Crippen LogP contribution in [0.1, 0.15) is 44.5 Å². The third kappa shape index (κ3) is 6.12. The summed E-state index contributed by atoms with van der Waals surface area (Å²) in [5.41, 5.74) is 0.163. The van der Waals surface area contributed by atoms with Crippen LogP contribution in [0.2, 0.25) is 0 Å². The number of carbonyl (C=O) groups excluding carboxylic acids is 1. The molecule has 3 aromatic rings. The number of halogens is 2. The Bertz CT molecular complexity index is 1370. The number of nitro groups is 1. The number of nitro benzene ring substituents is 1. The molecule has 0 spiro atoms. The van der Waals surface area contributed by atoms with E-state index in [1.165, 1.54) is 23.0 Å². The highest BCUT2D eigenvalue weighted by molar-refractivity contribution is 9.10. The van der Waals surface area contributed by atoms with Crippen LogP contribution in [0, 0.1) is 10.1 Å². The van der Waals surface area contributed by atoms with Crippen LogP contribution < -0.4 is 10.3 Å². The first-order chi connectivity index (χ1) is 16.7. The minimum absolute atomic E-state index is 0.0624. The van der Waals surface area contributed by atoms with Gasteiger partial charge in [-0.25, -0.2) is 9.78 Å². The molecule has 1 aromatic heterocycles. The summed E-state index contributed by atoms with van der Waals surface area (Å²) in [5.74, 6) is -0.347. The van der Waals surface area contributed by atoms with Gasteiger partial charge in [-0.3, -0.25) is 14.9 Å². The second-order valence-electron chi connectivity index (χ2n) is 7.50. The van der Waals surface area contributed by atoms with Crippen LogP contribution >= 0.6 is 31.9 Å². The van der Waals surface area contributed by atoms with Gasteiger partial charge in [-0.1, -0.05) is 29.8 Å². The van der Waals surface area contributed by atoms with Gasteiger partial charge in [0.05, 0.1) is 33.1 Å². The van der Waals surface area contributed by atoms with Crippen molar-refractivity contribution in [2.24, 2.45) is 5.10 Å². The second-order valence-corrected chi connectivity index (χ2v) is 9.27. The maximum atomic E-state index is 13.2. The van der Waals surface area contributed by atoms with Crippen LogP contribution in [0.3, 0.4) is 0 Å². The van der Waals surface area contributed by atoms with Crippen LogP contribution in [-0.2, 0) is 9.53 Å². The third-order valence-electron chi connectivity index (χ3n) is 5.09. The van der Waals surface area contributed by atoms with Gasteiger partial charge < -0.3 is 9.47 Å². The van der Waals surface area contributed by atoms with E-state index < -0.39 is 17.5 Å². The zero-order valence-electron chi connectivity index (χ0n) is 19.2. The largest absolute Gasteiger partial charge is 0.474 e. The molecule has 3 rings (SSSR count). The lowest BCUT2D eigenvalue weighted by atomic mass is 10.1. The Balaban J connectivity index is 2.06. The van der Waals surface area contributed by atoms with E-state index in [9.17, 15) is 19.7 Å². The minimum atomic E-state index is -0.647. The van der Waals surface area contributed by atoms with Crippen LogP contribution in [0.4, 0.5) is 5.69 Å². The number of rotatable bonds is 9. The number of nitrogens with zero attached hydrogens (tertiary/aromatic N) is 4. The zero-order valence-corrected chi connectivity index (χ0v) is 22.3. The average molecular weight is 610 g/mol. The molecule has 0 amide bonds. The Labute approximate surface area is 217 Å². The van der Waals surface area contributed by atoms with Crippen LogP contribution in [0.5, 0.6) is 5.75 Å². The van der Waals surface area contributed by atoms with Crippen molar-refractivity contribution in [1.82, 2.24) is 9.66 Å². The Kier molecular flexibility index (Phi) is 8.73. The molecule has 0 aliphatic rings. The van der Waals surface area contributed by atoms with Crippen molar-refractivity contribution in [3.63, 3.8) is 0 Å². The maximum absolute atomic E-state index is 13.2. The molecule has 0 fully saturated rings. The molecule has 0 aliphatic carbocycles. The SMILES string of the molecule is CCOC(=O)COc1c(Br)cc(C=Nn2c([C@H](C)CC)nc3ccc(Br)cc3c2=O)cc1[N+](=O)[O-]. The fourth-order valence-corrected chi connectivity index (χ4v) is 4.13. The van der Waals surface area contributed by atoms with E-state index in [4.69, 9.17) is 9.47 Å². The highest BCUT2D eigenvalue weighted by Crippen LogP contribution is 2.36. The fourth-order valence-electron chi connectivity index (χ4n) is 3.19. The predicted octanol–water partition coefficient (Wildman–Crippen LogP) is 5.17. The van der Waals surface area contributed by atoms with Gasteiger partial charge >= 0.3 is 11.7 Å². The van der Waals surface area contributed by atoms with Gasteiger partial charge in [-0.2, -0.15) is 9.78 Å². The smallest absolute Gasteiger partial charge is 0.344 e. The van der Waals surface area contributed by atoms with Crippen molar-refractivity contribution < 1.29 is 19.2 Å². The Morgan fingerprint density at radius 2 is 2.03 bits per heavy atom. The summed E-state index contributed by atoms with van der Waals surface area (Å²) in [6.45, 7) is 5.25. The van der Waals surface area contributed by atoms with E-state index in [1.54, 1.807) is 19.1 Å². The quantitative estimate of drug-likeness (QED) is 0.142. The van der Waals surface area contributed by atoms with Crippen molar-refractivity contribution in [1.29, 1.82) is 0 Å². The molecule has 35 heavy (non-hydrogen) atoms. The molecule has 0 unspecified atom stereocenters. The van der Waals surface area contributed by atoms with E-state index >= 15 is 0 Å². The molecule has 0 saturated heterocycles. The lowest BCUT2D eigenvalue weighted by molar-refractivity contribution is -0.385. The highest BCUT2D eigenvalue weighted by atomic mass is 79.9. The first-order valence-electron chi connectivity index (χ1n) is 10.7. The van der Waals surface area contributed by atoms with Crippen molar-refractivity contribution in [3.05, 3.63) is 71.1 Å². The van der Waals surface area contributed by atoms with Crippen LogP contribution in [-0.4, -0.2) is 40.0 Å². The average Bonchev–Trinajstić information content (AvgIpc) is 2.82. The number of carbonyl (C=O) groups is 1. The lowest BCUT2D eigenvalue weighted by Gasteiger charge is -2.14. The van der Waals surface area contributed by atoms with Crippen molar-refractivity contribution >= 4 is 60.6 Å². The van der Waals surface area contributed by atoms with Gasteiger partial charge in [0.2, 0.25) is 5.75 Å². The Morgan fingerprint density at radius 1 is 1.29 bits per heavy atom. The van der Waals surface area contributed by atoms with E-state index in [1.807, 2.05) is 19.9 Å². The first-order valence-corrected chi connectivity index (χ1v) is 12.3. The highest BCUT2D eigenvalue weighted by Gasteiger charge is 2.22. The molecule has 0 bridgehead atoms. The van der Waals surface area contributed by atoms with E-state index in [-0.39, 0.29) is 34.0 Å². The number of hydrogen-bond donors (Lipinski definition) is 0. The van der Waals surface area contributed by atoms with Crippen molar-refractivity contribution in [2.45, 2.75) is 33.1 Å². The van der Waals surface area contributed by atoms with E-state index in [0.717, 1.165) is 10.9 Å². The van der Waals surface area contributed by atoms with E-state index in [2.05, 4.69) is 41.9 Å². The molecule has 12 heteroatoms. The zero-order chi connectivity index (χ0) is 25.7. The summed E-state index contributed by atoms with van der Waals surface area (Å²) in [7, 11) is 0. The fraction of sp³-hybridized carbons (Fsp3) is 0.304. The van der Waals surface area contributed by atoms with Gasteiger partial charge in [0.15, 0.2) is 6.61 Å². The number of ether oxygens (including phenoxy) is 2. The second kappa shape index (κ2) is 11.5. The summed E-state index contributed by atoms with van der Waals surface area (Å²) in [6, 6.07) is 8.03. The van der Waals surface area contributed by atoms with Gasteiger partial charge in [0.1, 0.15) is 5.82 Å². The molecule has 0 radical (unpaired) electrons. The number of esters is 1. The molecule has 2 aromatic carbocycles. The molecule has 0 saturated carbocycles. The van der Waals surface area contributed by atoms with Gasteiger partial charge in [-0.15, -0.1) is 0 Å². The Hall–Kier alpha value is -3.12. The third-order valence-corrected chi connectivity index (χ3v) is 6.17.